The van der Waals surface area contributed by atoms with E-state index in [1.807, 2.05) is 0 Å². The maximum absolute atomic E-state index is 10.4. The summed E-state index contributed by atoms with van der Waals surface area (Å²) >= 11 is 0. The van der Waals surface area contributed by atoms with E-state index in [4.69, 9.17) is 10.8 Å². The van der Waals surface area contributed by atoms with Gasteiger partial charge in [0.25, 0.3) is 11.4 Å². The van der Waals surface area contributed by atoms with Crippen molar-refractivity contribution >= 4 is 22.7 Å². The zero-order chi connectivity index (χ0) is 17.2. The lowest BCUT2D eigenvalue weighted by atomic mass is 10.3. The topological polar surface area (TPSA) is 145 Å². The second-order valence-corrected chi connectivity index (χ2v) is 4.31. The molecule has 0 fully saturated rings. The van der Waals surface area contributed by atoms with E-state index in [9.17, 15) is 20.2 Å². The van der Waals surface area contributed by atoms with E-state index < -0.39 is 9.85 Å². The van der Waals surface area contributed by atoms with Crippen molar-refractivity contribution in [2.24, 2.45) is 0 Å². The smallest absolute Gasteiger partial charge is 0.271 e. The van der Waals surface area contributed by atoms with E-state index in [1.165, 1.54) is 24.3 Å². The summed E-state index contributed by atoms with van der Waals surface area (Å²) in [4.78, 5) is 19.5. The number of hydrogen-bond donors (Lipinski definition) is 3. The van der Waals surface area contributed by atoms with Crippen LogP contribution in [0, 0.1) is 20.2 Å². The maximum Gasteiger partial charge on any atom is 0.271 e. The molecule has 2 aromatic rings. The van der Waals surface area contributed by atoms with Gasteiger partial charge in [-0.3, -0.25) is 20.2 Å². The molecule has 0 aliphatic carbocycles. The zero-order valence-corrected chi connectivity index (χ0v) is 12.1. The summed E-state index contributed by atoms with van der Waals surface area (Å²) in [6.45, 7) is 0.393. The molecule has 0 aromatic heterocycles. The third-order valence-corrected chi connectivity index (χ3v) is 2.58. The number of nitrogen functional groups attached to an aromatic ring is 1. The highest BCUT2D eigenvalue weighted by atomic mass is 16.6. The number of aliphatic hydroxyl groups excluding tert-OH is 1. The standard InChI is InChI=1S/C8H10N2O3.C6H6N2O2/c11-5-4-9-7-2-1-3-8(6-7)10(12)13;7-5-2-1-3-6(4-5)8(9)10/h1-3,6,9,11H,4-5H2;1-4H,7H2. The molecule has 0 aliphatic heterocycles. The molecular weight excluding hydrogens is 304 g/mol. The van der Waals surface area contributed by atoms with Crippen LogP contribution in [-0.2, 0) is 0 Å². The van der Waals surface area contributed by atoms with Crippen LogP contribution in [0.2, 0.25) is 0 Å². The van der Waals surface area contributed by atoms with Crippen molar-refractivity contribution in [3.8, 4) is 0 Å². The van der Waals surface area contributed by atoms with Gasteiger partial charge in [0.1, 0.15) is 0 Å². The molecule has 0 saturated carbocycles. The molecule has 0 aliphatic rings. The number of benzene rings is 2. The molecular formula is C14H16N4O5. The lowest BCUT2D eigenvalue weighted by molar-refractivity contribution is -0.385. The summed E-state index contributed by atoms with van der Waals surface area (Å²) in [5, 5.41) is 31.8. The molecule has 122 valence electrons. The van der Waals surface area contributed by atoms with Gasteiger partial charge in [-0.25, -0.2) is 0 Å². The fourth-order valence-electron chi connectivity index (χ4n) is 1.57. The summed E-state index contributed by atoms with van der Waals surface area (Å²) < 4.78 is 0. The number of hydrogen-bond acceptors (Lipinski definition) is 7. The summed E-state index contributed by atoms with van der Waals surface area (Å²) in [6, 6.07) is 12.0. The minimum Gasteiger partial charge on any atom is -0.399 e. The summed E-state index contributed by atoms with van der Waals surface area (Å²) in [6.07, 6.45) is 0. The first-order valence-electron chi connectivity index (χ1n) is 6.53. The molecule has 0 amide bonds. The fourth-order valence-corrected chi connectivity index (χ4v) is 1.57. The Bertz CT molecular complexity index is 678. The van der Waals surface area contributed by atoms with E-state index >= 15 is 0 Å². The van der Waals surface area contributed by atoms with Gasteiger partial charge in [0.05, 0.1) is 16.5 Å². The van der Waals surface area contributed by atoms with Crippen LogP contribution in [0.3, 0.4) is 0 Å². The number of rotatable bonds is 5. The molecule has 0 heterocycles. The van der Waals surface area contributed by atoms with Crippen LogP contribution in [0.15, 0.2) is 48.5 Å². The first-order valence-corrected chi connectivity index (χ1v) is 6.53. The fraction of sp³-hybridized carbons (Fsp3) is 0.143. The van der Waals surface area contributed by atoms with Gasteiger partial charge in [-0.15, -0.1) is 0 Å². The summed E-state index contributed by atoms with van der Waals surface area (Å²) in [5.74, 6) is 0. The van der Waals surface area contributed by atoms with Crippen LogP contribution >= 0.6 is 0 Å². The Morgan fingerprint density at radius 3 is 2.04 bits per heavy atom. The van der Waals surface area contributed by atoms with Crippen LogP contribution in [0.1, 0.15) is 0 Å². The molecule has 2 aromatic carbocycles. The molecule has 4 N–H and O–H groups in total. The first-order chi connectivity index (χ1) is 10.9. The molecule has 0 saturated heterocycles. The number of anilines is 2. The Balaban J connectivity index is 0.000000238. The Kier molecular flexibility index (Phi) is 6.95. The average molecular weight is 320 g/mol. The quantitative estimate of drug-likeness (QED) is 0.435. The predicted molar refractivity (Wildman–Crippen MR) is 86.2 cm³/mol. The third-order valence-electron chi connectivity index (χ3n) is 2.58. The van der Waals surface area contributed by atoms with E-state index in [2.05, 4.69) is 5.32 Å². The van der Waals surface area contributed by atoms with Crippen molar-refractivity contribution in [1.82, 2.24) is 0 Å². The molecule has 9 heteroatoms. The summed E-state index contributed by atoms with van der Waals surface area (Å²) in [5.41, 5.74) is 6.42. The van der Waals surface area contributed by atoms with Gasteiger partial charge in [0.15, 0.2) is 0 Å². The van der Waals surface area contributed by atoms with Crippen LogP contribution < -0.4 is 11.1 Å². The molecule has 0 unspecified atom stereocenters. The number of nitrogens with zero attached hydrogens (tertiary/aromatic N) is 2. The van der Waals surface area contributed by atoms with Gasteiger partial charge < -0.3 is 16.2 Å². The third kappa shape index (κ3) is 6.40. The number of nitrogens with one attached hydrogen (secondary N) is 1. The first kappa shape index (κ1) is 17.9. The molecule has 0 radical (unpaired) electrons. The van der Waals surface area contributed by atoms with Gasteiger partial charge in [-0.05, 0) is 12.1 Å². The second kappa shape index (κ2) is 8.95. The van der Waals surface area contributed by atoms with Crippen LogP contribution in [-0.4, -0.2) is 28.1 Å². The highest BCUT2D eigenvalue weighted by Crippen LogP contribution is 2.16. The Labute approximate surface area is 131 Å². The lowest BCUT2D eigenvalue weighted by Crippen LogP contribution is -2.05. The predicted octanol–water partition coefficient (Wildman–Crippen LogP) is 2.18. The SMILES string of the molecule is Nc1cccc([N+](=O)[O-])c1.O=[N+]([O-])c1cccc(NCCO)c1. The molecule has 0 bridgehead atoms. The van der Waals surface area contributed by atoms with E-state index in [1.54, 1.807) is 24.3 Å². The number of aliphatic hydroxyl groups is 1. The molecule has 9 nitrogen and oxygen atoms in total. The Morgan fingerprint density at radius 2 is 1.57 bits per heavy atom. The van der Waals surface area contributed by atoms with Crippen LogP contribution in [0.25, 0.3) is 0 Å². The van der Waals surface area contributed by atoms with Gasteiger partial charge in [-0.2, -0.15) is 0 Å². The minimum atomic E-state index is -0.476. The largest absolute Gasteiger partial charge is 0.399 e. The Morgan fingerprint density at radius 1 is 1.00 bits per heavy atom. The van der Waals surface area contributed by atoms with Crippen molar-refractivity contribution in [2.75, 3.05) is 24.2 Å². The van der Waals surface area contributed by atoms with Gasteiger partial charge in [-0.1, -0.05) is 12.1 Å². The van der Waals surface area contributed by atoms with Crippen molar-refractivity contribution in [2.45, 2.75) is 0 Å². The monoisotopic (exact) mass is 320 g/mol. The minimum absolute atomic E-state index is 0.00267. The van der Waals surface area contributed by atoms with Gasteiger partial charge >= 0.3 is 0 Å². The van der Waals surface area contributed by atoms with Crippen molar-refractivity contribution in [1.29, 1.82) is 0 Å². The van der Waals surface area contributed by atoms with Gasteiger partial charge in [0.2, 0.25) is 0 Å². The van der Waals surface area contributed by atoms with Crippen LogP contribution in [0.5, 0.6) is 0 Å². The molecule has 23 heavy (non-hydrogen) atoms. The number of nitro benzene ring substituents is 2. The number of non-ortho nitro benzene ring substituents is 2. The lowest BCUT2D eigenvalue weighted by Gasteiger charge is -2.02. The van der Waals surface area contributed by atoms with Crippen molar-refractivity contribution in [3.05, 3.63) is 68.8 Å². The van der Waals surface area contributed by atoms with E-state index in [-0.39, 0.29) is 18.0 Å². The molecule has 2 rings (SSSR count). The van der Waals surface area contributed by atoms with Crippen molar-refractivity contribution < 1.29 is 15.0 Å². The van der Waals surface area contributed by atoms with E-state index in [0.29, 0.717) is 17.9 Å². The second-order valence-electron chi connectivity index (χ2n) is 4.31. The van der Waals surface area contributed by atoms with Crippen molar-refractivity contribution in [3.63, 3.8) is 0 Å². The Hall–Kier alpha value is -3.20. The zero-order valence-electron chi connectivity index (χ0n) is 12.1. The average Bonchev–Trinajstić information content (AvgIpc) is 2.53. The van der Waals surface area contributed by atoms with E-state index in [0.717, 1.165) is 0 Å². The normalized spacial score (nSPS) is 9.43. The molecule has 0 spiro atoms. The number of nitrogens with two attached hydrogens (primary N) is 1. The maximum atomic E-state index is 10.4. The summed E-state index contributed by atoms with van der Waals surface area (Å²) in [7, 11) is 0. The van der Waals surface area contributed by atoms with Crippen LogP contribution in [0.4, 0.5) is 22.7 Å². The number of nitro groups is 2. The highest BCUT2D eigenvalue weighted by Gasteiger charge is 2.04. The highest BCUT2D eigenvalue weighted by molar-refractivity contribution is 5.50. The molecule has 0 atom stereocenters. The van der Waals surface area contributed by atoms with Gasteiger partial charge in [0, 0.05) is 42.2 Å².